The number of carbonyl (C=O) groups is 1. The molecule has 2 N–H and O–H groups in total. The highest BCUT2D eigenvalue weighted by Crippen LogP contribution is 2.29. The Bertz CT molecular complexity index is 597. The third-order valence-corrected chi connectivity index (χ3v) is 3.77. The van der Waals surface area contributed by atoms with E-state index in [1.807, 2.05) is 42.5 Å². The Morgan fingerprint density at radius 2 is 1.55 bits per heavy atom. The molecule has 0 spiro atoms. The smallest absolute Gasteiger partial charge is 0.251 e. The van der Waals surface area contributed by atoms with E-state index in [0.717, 1.165) is 0 Å². The lowest BCUT2D eigenvalue weighted by molar-refractivity contribution is 0.0480. The first-order chi connectivity index (χ1) is 9.66. The van der Waals surface area contributed by atoms with Crippen LogP contribution in [0.3, 0.4) is 0 Å². The first-order valence-electron chi connectivity index (χ1n) is 6.79. The molecule has 3 nitrogen and oxygen atoms in total. The predicted octanol–water partition coefficient (Wildman–Crippen LogP) is 1.95. The van der Waals surface area contributed by atoms with Crippen molar-refractivity contribution in [1.29, 1.82) is 0 Å². The molecule has 102 valence electrons. The van der Waals surface area contributed by atoms with Crippen molar-refractivity contribution in [2.24, 2.45) is 0 Å². The largest absolute Gasteiger partial charge is 0.387 e. The minimum absolute atomic E-state index is 0.144. The molecule has 20 heavy (non-hydrogen) atoms. The Hall–Kier alpha value is -2.13. The van der Waals surface area contributed by atoms with Crippen molar-refractivity contribution in [2.45, 2.75) is 18.4 Å². The maximum absolute atomic E-state index is 12.0. The minimum Gasteiger partial charge on any atom is -0.387 e. The quantitative estimate of drug-likeness (QED) is 0.893. The van der Waals surface area contributed by atoms with Crippen molar-refractivity contribution >= 4 is 5.91 Å². The van der Waals surface area contributed by atoms with Gasteiger partial charge in [0.05, 0.1) is 5.60 Å². The summed E-state index contributed by atoms with van der Waals surface area (Å²) in [6, 6.07) is 17.1. The number of rotatable bonds is 3. The lowest BCUT2D eigenvalue weighted by Crippen LogP contribution is -2.43. The van der Waals surface area contributed by atoms with Gasteiger partial charge in [0, 0.05) is 24.9 Å². The maximum Gasteiger partial charge on any atom is 0.251 e. The van der Waals surface area contributed by atoms with Crippen LogP contribution in [-0.4, -0.2) is 23.2 Å². The zero-order chi connectivity index (χ0) is 14.0. The van der Waals surface area contributed by atoms with Gasteiger partial charge in [0.25, 0.3) is 5.91 Å². The average molecular weight is 267 g/mol. The van der Waals surface area contributed by atoms with Gasteiger partial charge >= 0.3 is 0 Å². The molecule has 0 fully saturated rings. The molecule has 0 atom stereocenters. The van der Waals surface area contributed by atoms with Crippen LogP contribution in [0, 0.1) is 0 Å². The van der Waals surface area contributed by atoms with Gasteiger partial charge in [-0.25, -0.2) is 0 Å². The molecule has 2 aromatic carbocycles. The average Bonchev–Trinajstić information content (AvgIpc) is 2.82. The molecule has 0 bridgehead atoms. The first kappa shape index (κ1) is 12.9. The van der Waals surface area contributed by atoms with Crippen LogP contribution in [0.25, 0.3) is 0 Å². The van der Waals surface area contributed by atoms with Gasteiger partial charge in [-0.05, 0) is 23.3 Å². The number of fused-ring (bicyclic) bond motifs is 1. The van der Waals surface area contributed by atoms with E-state index >= 15 is 0 Å². The van der Waals surface area contributed by atoms with Crippen LogP contribution in [0.15, 0.2) is 54.6 Å². The Balaban J connectivity index is 1.64. The molecular weight excluding hydrogens is 250 g/mol. The highest BCUT2D eigenvalue weighted by molar-refractivity contribution is 5.94. The van der Waals surface area contributed by atoms with Crippen LogP contribution in [0.4, 0.5) is 0 Å². The second-order valence-corrected chi connectivity index (χ2v) is 5.40. The Morgan fingerprint density at radius 3 is 2.15 bits per heavy atom. The van der Waals surface area contributed by atoms with E-state index < -0.39 is 5.60 Å². The van der Waals surface area contributed by atoms with Crippen LogP contribution in [-0.2, 0) is 12.8 Å². The summed E-state index contributed by atoms with van der Waals surface area (Å²) in [6.45, 7) is 0.273. The van der Waals surface area contributed by atoms with Crippen molar-refractivity contribution in [1.82, 2.24) is 5.32 Å². The molecule has 0 heterocycles. The van der Waals surface area contributed by atoms with Gasteiger partial charge in [-0.3, -0.25) is 4.79 Å². The molecule has 1 aliphatic carbocycles. The van der Waals surface area contributed by atoms with Gasteiger partial charge < -0.3 is 10.4 Å². The molecule has 2 aromatic rings. The van der Waals surface area contributed by atoms with E-state index in [1.54, 1.807) is 12.1 Å². The van der Waals surface area contributed by atoms with Gasteiger partial charge in [-0.1, -0.05) is 42.5 Å². The fourth-order valence-corrected chi connectivity index (χ4v) is 2.74. The Kier molecular flexibility index (Phi) is 3.28. The molecule has 0 aliphatic heterocycles. The van der Waals surface area contributed by atoms with Gasteiger partial charge in [0.15, 0.2) is 0 Å². The summed E-state index contributed by atoms with van der Waals surface area (Å²) in [4.78, 5) is 12.0. The van der Waals surface area contributed by atoms with E-state index in [1.165, 1.54) is 11.1 Å². The molecule has 0 saturated carbocycles. The van der Waals surface area contributed by atoms with E-state index in [4.69, 9.17) is 0 Å². The van der Waals surface area contributed by atoms with Gasteiger partial charge in [0.2, 0.25) is 0 Å². The zero-order valence-corrected chi connectivity index (χ0v) is 11.2. The summed E-state index contributed by atoms with van der Waals surface area (Å²) in [5.74, 6) is -0.144. The topological polar surface area (TPSA) is 49.3 Å². The predicted molar refractivity (Wildman–Crippen MR) is 77.6 cm³/mol. The number of nitrogens with one attached hydrogen (secondary N) is 1. The third kappa shape index (κ3) is 2.58. The molecular formula is C17H17NO2. The normalized spacial score (nSPS) is 15.7. The van der Waals surface area contributed by atoms with Crippen LogP contribution in [0.2, 0.25) is 0 Å². The minimum atomic E-state index is -0.867. The highest BCUT2D eigenvalue weighted by Gasteiger charge is 2.35. The van der Waals surface area contributed by atoms with Crippen LogP contribution >= 0.6 is 0 Å². The highest BCUT2D eigenvalue weighted by atomic mass is 16.3. The molecule has 3 rings (SSSR count). The lowest BCUT2D eigenvalue weighted by Gasteiger charge is -2.22. The summed E-state index contributed by atoms with van der Waals surface area (Å²) in [7, 11) is 0. The monoisotopic (exact) mass is 267 g/mol. The van der Waals surface area contributed by atoms with Crippen molar-refractivity contribution in [3.8, 4) is 0 Å². The molecule has 0 saturated heterocycles. The number of amides is 1. The van der Waals surface area contributed by atoms with Crippen molar-refractivity contribution in [3.63, 3.8) is 0 Å². The third-order valence-electron chi connectivity index (χ3n) is 3.77. The molecule has 1 aliphatic rings. The van der Waals surface area contributed by atoms with Crippen molar-refractivity contribution in [2.75, 3.05) is 6.54 Å². The first-order valence-corrected chi connectivity index (χ1v) is 6.79. The van der Waals surface area contributed by atoms with Gasteiger partial charge in [-0.15, -0.1) is 0 Å². The second kappa shape index (κ2) is 5.10. The molecule has 0 radical (unpaired) electrons. The summed E-state index contributed by atoms with van der Waals surface area (Å²) in [5, 5.41) is 13.4. The van der Waals surface area contributed by atoms with E-state index in [9.17, 15) is 9.90 Å². The second-order valence-electron chi connectivity index (χ2n) is 5.40. The molecule has 0 aromatic heterocycles. The number of carbonyl (C=O) groups excluding carboxylic acids is 1. The van der Waals surface area contributed by atoms with E-state index in [2.05, 4.69) is 5.32 Å². The number of hydrogen-bond acceptors (Lipinski definition) is 2. The van der Waals surface area contributed by atoms with Gasteiger partial charge in [-0.2, -0.15) is 0 Å². The fourth-order valence-electron chi connectivity index (χ4n) is 2.74. The van der Waals surface area contributed by atoms with Crippen LogP contribution in [0.1, 0.15) is 21.5 Å². The van der Waals surface area contributed by atoms with Crippen molar-refractivity contribution < 1.29 is 9.90 Å². The number of benzene rings is 2. The maximum atomic E-state index is 12.0. The summed E-state index contributed by atoms with van der Waals surface area (Å²) in [6.07, 6.45) is 1.19. The summed E-state index contributed by atoms with van der Waals surface area (Å²) < 4.78 is 0. The van der Waals surface area contributed by atoms with Crippen molar-refractivity contribution in [3.05, 3.63) is 71.3 Å². The van der Waals surface area contributed by atoms with E-state index in [0.29, 0.717) is 18.4 Å². The zero-order valence-electron chi connectivity index (χ0n) is 11.2. The van der Waals surface area contributed by atoms with Gasteiger partial charge in [0.1, 0.15) is 0 Å². The number of hydrogen-bond donors (Lipinski definition) is 2. The lowest BCUT2D eigenvalue weighted by atomic mass is 10.0. The van der Waals surface area contributed by atoms with Crippen LogP contribution in [0.5, 0.6) is 0 Å². The fraction of sp³-hybridized carbons (Fsp3) is 0.235. The van der Waals surface area contributed by atoms with Crippen LogP contribution < -0.4 is 5.32 Å². The molecule has 1 amide bonds. The summed E-state index contributed by atoms with van der Waals surface area (Å²) in [5.41, 5.74) is 2.09. The standard InChI is InChI=1S/C17H17NO2/c19-16(13-6-2-1-3-7-13)18-12-17(20)10-14-8-4-5-9-15(14)11-17/h1-9,20H,10-12H2,(H,18,19). The SMILES string of the molecule is O=C(NCC1(O)Cc2ccccc2C1)c1ccccc1. The summed E-state index contributed by atoms with van der Waals surface area (Å²) >= 11 is 0. The number of aliphatic hydroxyl groups is 1. The Labute approximate surface area is 118 Å². The Morgan fingerprint density at radius 1 is 1.00 bits per heavy atom. The molecule has 0 unspecified atom stereocenters. The van der Waals surface area contributed by atoms with E-state index in [-0.39, 0.29) is 12.5 Å². The molecule has 3 heteroatoms.